The van der Waals surface area contributed by atoms with E-state index in [9.17, 15) is 5.11 Å². The molecule has 0 aromatic carbocycles. The molecule has 1 aliphatic heterocycles. The van der Waals surface area contributed by atoms with E-state index in [1.807, 2.05) is 13.2 Å². The van der Waals surface area contributed by atoms with Crippen molar-refractivity contribution in [2.24, 2.45) is 7.05 Å². The number of anilines is 1. The second kappa shape index (κ2) is 5.13. The van der Waals surface area contributed by atoms with Crippen molar-refractivity contribution in [3.63, 3.8) is 0 Å². The molecule has 1 saturated heterocycles. The lowest BCUT2D eigenvalue weighted by Crippen LogP contribution is -2.40. The molecule has 3 rings (SSSR count). The van der Waals surface area contributed by atoms with Gasteiger partial charge in [-0.15, -0.1) is 0 Å². The van der Waals surface area contributed by atoms with Crippen LogP contribution < -0.4 is 4.90 Å². The quantitative estimate of drug-likeness (QED) is 0.896. The Morgan fingerprint density at radius 3 is 3.11 bits per heavy atom. The molecule has 6 nitrogen and oxygen atoms in total. The zero-order chi connectivity index (χ0) is 13.2. The highest BCUT2D eigenvalue weighted by Gasteiger charge is 2.25. The zero-order valence-corrected chi connectivity index (χ0v) is 11.2. The molecule has 19 heavy (non-hydrogen) atoms. The average Bonchev–Trinajstić information content (AvgIpc) is 2.82. The predicted octanol–water partition coefficient (Wildman–Crippen LogP) is 1.10. The Bertz CT molecular complexity index is 565. The van der Waals surface area contributed by atoms with Crippen LogP contribution in [-0.4, -0.2) is 44.0 Å². The molecular formula is C13H19N5O. The van der Waals surface area contributed by atoms with Gasteiger partial charge in [-0.2, -0.15) is 5.10 Å². The van der Waals surface area contributed by atoms with Crippen molar-refractivity contribution in [1.82, 2.24) is 19.7 Å². The number of aromatic nitrogens is 4. The van der Waals surface area contributed by atoms with Crippen molar-refractivity contribution in [3.8, 4) is 0 Å². The molecule has 0 spiro atoms. The maximum absolute atomic E-state index is 9.22. The van der Waals surface area contributed by atoms with Gasteiger partial charge in [0.25, 0.3) is 0 Å². The van der Waals surface area contributed by atoms with Gasteiger partial charge in [0.05, 0.1) is 11.6 Å². The van der Waals surface area contributed by atoms with Crippen LogP contribution >= 0.6 is 0 Å². The summed E-state index contributed by atoms with van der Waals surface area (Å²) in [5.74, 6) is 0.955. The van der Waals surface area contributed by atoms with Gasteiger partial charge in [-0.05, 0) is 25.7 Å². The van der Waals surface area contributed by atoms with Crippen LogP contribution in [-0.2, 0) is 7.05 Å². The first-order valence-electron chi connectivity index (χ1n) is 6.81. The summed E-state index contributed by atoms with van der Waals surface area (Å²) in [6.45, 7) is 1.22. The summed E-state index contributed by atoms with van der Waals surface area (Å²) in [7, 11) is 1.89. The van der Waals surface area contributed by atoms with Gasteiger partial charge in [0.15, 0.2) is 5.65 Å². The first kappa shape index (κ1) is 12.3. The van der Waals surface area contributed by atoms with Gasteiger partial charge in [0, 0.05) is 26.2 Å². The molecule has 0 unspecified atom stereocenters. The van der Waals surface area contributed by atoms with Crippen molar-refractivity contribution < 1.29 is 5.11 Å². The number of hydrogen-bond acceptors (Lipinski definition) is 5. The van der Waals surface area contributed by atoms with Gasteiger partial charge in [-0.25, -0.2) is 9.97 Å². The number of nitrogens with zero attached hydrogens (tertiary/aromatic N) is 5. The van der Waals surface area contributed by atoms with E-state index in [0.29, 0.717) is 6.04 Å². The molecule has 1 fully saturated rings. The Morgan fingerprint density at radius 2 is 2.26 bits per heavy atom. The highest BCUT2D eigenvalue weighted by atomic mass is 16.3. The SMILES string of the molecule is Cn1ncc2c(N3CCCC[C@@H]3CCO)ncnc21. The normalized spacial score (nSPS) is 20.1. The van der Waals surface area contributed by atoms with Gasteiger partial charge >= 0.3 is 0 Å². The molecular weight excluding hydrogens is 242 g/mol. The molecule has 1 aliphatic rings. The number of aliphatic hydroxyl groups is 1. The third-order valence-corrected chi connectivity index (χ3v) is 3.87. The van der Waals surface area contributed by atoms with Crippen LogP contribution in [0.1, 0.15) is 25.7 Å². The van der Waals surface area contributed by atoms with Gasteiger partial charge in [-0.1, -0.05) is 0 Å². The third-order valence-electron chi connectivity index (χ3n) is 3.87. The maximum atomic E-state index is 9.22. The average molecular weight is 261 g/mol. The van der Waals surface area contributed by atoms with E-state index < -0.39 is 0 Å². The minimum absolute atomic E-state index is 0.225. The molecule has 1 atom stereocenters. The number of piperidine rings is 1. The smallest absolute Gasteiger partial charge is 0.163 e. The van der Waals surface area contributed by atoms with Crippen LogP contribution in [0.5, 0.6) is 0 Å². The van der Waals surface area contributed by atoms with E-state index in [1.54, 1.807) is 11.0 Å². The standard InChI is InChI=1S/C13H19N5O/c1-17-12-11(8-16-17)13(15-9-14-12)18-6-3-2-4-10(18)5-7-19/h8-10,19H,2-7H2,1H3/t10-/m1/s1. The number of hydrogen-bond donors (Lipinski definition) is 1. The Balaban J connectivity index is 2.01. The summed E-state index contributed by atoms with van der Waals surface area (Å²) >= 11 is 0. The Labute approximate surface area is 112 Å². The van der Waals surface area contributed by atoms with Crippen molar-refractivity contribution in [3.05, 3.63) is 12.5 Å². The summed E-state index contributed by atoms with van der Waals surface area (Å²) in [6.07, 6.45) is 7.74. The van der Waals surface area contributed by atoms with E-state index in [1.165, 1.54) is 12.8 Å². The second-order valence-corrected chi connectivity index (χ2v) is 5.06. The molecule has 0 bridgehead atoms. The molecule has 2 aromatic rings. The van der Waals surface area contributed by atoms with E-state index in [-0.39, 0.29) is 6.61 Å². The summed E-state index contributed by atoms with van der Waals surface area (Å²) < 4.78 is 1.77. The van der Waals surface area contributed by atoms with Crippen LogP contribution in [0.25, 0.3) is 11.0 Å². The van der Waals surface area contributed by atoms with Crippen molar-refractivity contribution in [2.75, 3.05) is 18.1 Å². The van der Waals surface area contributed by atoms with Gasteiger partial charge < -0.3 is 10.0 Å². The van der Waals surface area contributed by atoms with Gasteiger partial charge in [0.1, 0.15) is 12.1 Å². The highest BCUT2D eigenvalue weighted by molar-refractivity contribution is 5.86. The Hall–Kier alpha value is -1.69. The molecule has 0 saturated carbocycles. The number of aryl methyl sites for hydroxylation is 1. The second-order valence-electron chi connectivity index (χ2n) is 5.06. The Kier molecular flexibility index (Phi) is 3.33. The van der Waals surface area contributed by atoms with Crippen LogP contribution in [0, 0.1) is 0 Å². The first-order chi connectivity index (χ1) is 9.31. The van der Waals surface area contributed by atoms with Crippen LogP contribution in [0.4, 0.5) is 5.82 Å². The maximum Gasteiger partial charge on any atom is 0.163 e. The number of fused-ring (bicyclic) bond motifs is 1. The topological polar surface area (TPSA) is 67.1 Å². The lowest BCUT2D eigenvalue weighted by Gasteiger charge is -2.36. The zero-order valence-electron chi connectivity index (χ0n) is 11.2. The molecule has 0 aliphatic carbocycles. The summed E-state index contributed by atoms with van der Waals surface area (Å²) in [5, 5.41) is 14.5. The van der Waals surface area contributed by atoms with Gasteiger partial charge in [-0.3, -0.25) is 4.68 Å². The van der Waals surface area contributed by atoms with E-state index in [0.717, 1.165) is 36.2 Å². The summed E-state index contributed by atoms with van der Waals surface area (Å²) in [4.78, 5) is 11.0. The Morgan fingerprint density at radius 1 is 1.37 bits per heavy atom. The molecule has 0 radical (unpaired) electrons. The molecule has 6 heteroatoms. The van der Waals surface area contributed by atoms with Crippen molar-refractivity contribution in [1.29, 1.82) is 0 Å². The minimum Gasteiger partial charge on any atom is -0.396 e. The largest absolute Gasteiger partial charge is 0.396 e. The van der Waals surface area contributed by atoms with E-state index in [4.69, 9.17) is 0 Å². The van der Waals surface area contributed by atoms with Crippen LogP contribution in [0.3, 0.4) is 0 Å². The highest BCUT2D eigenvalue weighted by Crippen LogP contribution is 2.29. The molecule has 102 valence electrons. The predicted molar refractivity (Wildman–Crippen MR) is 73.0 cm³/mol. The molecule has 3 heterocycles. The van der Waals surface area contributed by atoms with Gasteiger partial charge in [0.2, 0.25) is 0 Å². The lowest BCUT2D eigenvalue weighted by molar-refractivity contribution is 0.262. The van der Waals surface area contributed by atoms with E-state index >= 15 is 0 Å². The monoisotopic (exact) mass is 261 g/mol. The number of aliphatic hydroxyl groups excluding tert-OH is 1. The van der Waals surface area contributed by atoms with Crippen LogP contribution in [0.2, 0.25) is 0 Å². The summed E-state index contributed by atoms with van der Waals surface area (Å²) in [5.41, 5.74) is 0.860. The molecule has 2 aromatic heterocycles. The molecule has 0 amide bonds. The minimum atomic E-state index is 0.225. The summed E-state index contributed by atoms with van der Waals surface area (Å²) in [6, 6.07) is 0.372. The third kappa shape index (κ3) is 2.16. The van der Waals surface area contributed by atoms with Crippen molar-refractivity contribution in [2.45, 2.75) is 31.7 Å². The van der Waals surface area contributed by atoms with Crippen molar-refractivity contribution >= 4 is 16.9 Å². The fraction of sp³-hybridized carbons (Fsp3) is 0.615. The first-order valence-corrected chi connectivity index (χ1v) is 6.81. The van der Waals surface area contributed by atoms with E-state index in [2.05, 4.69) is 20.0 Å². The lowest BCUT2D eigenvalue weighted by atomic mass is 9.99. The molecule has 1 N–H and O–H groups in total. The number of rotatable bonds is 3. The van der Waals surface area contributed by atoms with Crippen LogP contribution in [0.15, 0.2) is 12.5 Å². The fourth-order valence-corrected chi connectivity index (χ4v) is 2.91. The fourth-order valence-electron chi connectivity index (χ4n) is 2.91.